The zero-order valence-corrected chi connectivity index (χ0v) is 14.4. The molecule has 124 valence electrons. The topological polar surface area (TPSA) is 101 Å². The lowest BCUT2D eigenvalue weighted by Gasteiger charge is -2.10. The van der Waals surface area contributed by atoms with Gasteiger partial charge >= 0.3 is 0 Å². The van der Waals surface area contributed by atoms with E-state index in [1.54, 1.807) is 37.3 Å². The van der Waals surface area contributed by atoms with Crippen molar-refractivity contribution in [1.82, 2.24) is 14.9 Å². The van der Waals surface area contributed by atoms with Crippen molar-refractivity contribution in [3.05, 3.63) is 35.9 Å². The fourth-order valence-electron chi connectivity index (χ4n) is 1.93. The molecule has 0 aliphatic rings. The van der Waals surface area contributed by atoms with Crippen molar-refractivity contribution in [3.63, 3.8) is 0 Å². The van der Waals surface area contributed by atoms with Crippen LogP contribution in [0.3, 0.4) is 0 Å². The Kier molecular flexibility index (Phi) is 5.80. The molecule has 0 radical (unpaired) electrons. The summed E-state index contributed by atoms with van der Waals surface area (Å²) in [7, 11) is -3.72. The average Bonchev–Trinajstić information content (AvgIpc) is 2.97. The maximum absolute atomic E-state index is 12.2. The Bertz CT molecular complexity index is 759. The Morgan fingerprint density at radius 3 is 2.61 bits per heavy atom. The molecule has 0 spiro atoms. The fraction of sp³-hybridized carbons (Fsp3) is 0.357. The molecule has 0 fully saturated rings. The number of hydrogen-bond donors (Lipinski definition) is 2. The zero-order valence-electron chi connectivity index (χ0n) is 12.8. The van der Waals surface area contributed by atoms with Gasteiger partial charge in [-0.15, -0.1) is 10.2 Å². The molecule has 7 nitrogen and oxygen atoms in total. The molecule has 1 atom stereocenters. The van der Waals surface area contributed by atoms with E-state index in [-0.39, 0.29) is 21.4 Å². The molecule has 2 rings (SSSR count). The minimum Gasteiger partial charge on any atom is -0.296 e. The molecule has 0 aliphatic carbocycles. The molecule has 1 amide bonds. The second-order valence-corrected chi connectivity index (χ2v) is 7.87. The van der Waals surface area contributed by atoms with Gasteiger partial charge in [-0.1, -0.05) is 42.9 Å². The number of hydrogen-bond acceptors (Lipinski definition) is 6. The number of amides is 1. The average molecular weight is 354 g/mol. The summed E-state index contributed by atoms with van der Waals surface area (Å²) in [4.78, 5) is 12.0. The van der Waals surface area contributed by atoms with E-state index in [0.717, 1.165) is 24.2 Å². The highest BCUT2D eigenvalue weighted by atomic mass is 32.2. The lowest BCUT2D eigenvalue weighted by atomic mass is 10.2. The number of nitrogens with one attached hydrogen (secondary N) is 2. The molecule has 2 N–H and O–H groups in total. The summed E-state index contributed by atoms with van der Waals surface area (Å²) in [5.74, 6) is -0.363. The van der Waals surface area contributed by atoms with Crippen LogP contribution in [0.25, 0.3) is 0 Å². The molecular weight excluding hydrogens is 336 g/mol. The lowest BCUT2D eigenvalue weighted by Crippen LogP contribution is -2.32. The molecule has 0 aliphatic heterocycles. The highest BCUT2D eigenvalue weighted by Crippen LogP contribution is 2.21. The van der Waals surface area contributed by atoms with E-state index in [1.165, 1.54) is 0 Å². The first kappa shape index (κ1) is 17.5. The summed E-state index contributed by atoms with van der Waals surface area (Å²) in [6, 6.07) is 8.41. The molecule has 0 saturated carbocycles. The molecule has 0 unspecified atom stereocenters. The number of rotatable bonds is 7. The molecule has 0 saturated heterocycles. The summed E-state index contributed by atoms with van der Waals surface area (Å²) in [6.07, 6.45) is 1.60. The van der Waals surface area contributed by atoms with Crippen molar-refractivity contribution >= 4 is 32.4 Å². The van der Waals surface area contributed by atoms with Crippen molar-refractivity contribution in [3.8, 4) is 0 Å². The van der Waals surface area contributed by atoms with Gasteiger partial charge in [0.15, 0.2) is 0 Å². The molecular formula is C14H18N4O3S2. The van der Waals surface area contributed by atoms with E-state index >= 15 is 0 Å². The summed E-state index contributed by atoms with van der Waals surface area (Å²) in [5, 5.41) is 10.1. The molecule has 2 aromatic rings. The third-order valence-electron chi connectivity index (χ3n) is 2.97. The third-order valence-corrected chi connectivity index (χ3v) is 5.77. The predicted molar refractivity (Wildman–Crippen MR) is 89.0 cm³/mol. The highest BCUT2D eigenvalue weighted by molar-refractivity contribution is 7.91. The maximum Gasteiger partial charge on any atom is 0.270 e. The van der Waals surface area contributed by atoms with E-state index in [1.807, 2.05) is 6.92 Å². The van der Waals surface area contributed by atoms with Crippen LogP contribution in [0.15, 0.2) is 34.7 Å². The summed E-state index contributed by atoms with van der Waals surface area (Å²) >= 11 is 0.818. The molecule has 1 aromatic heterocycles. The second-order valence-electron chi connectivity index (χ2n) is 5.00. The second kappa shape index (κ2) is 7.62. The van der Waals surface area contributed by atoms with Crippen LogP contribution in [0.4, 0.5) is 5.13 Å². The molecule has 23 heavy (non-hydrogen) atoms. The fourth-order valence-corrected chi connectivity index (χ4v) is 4.12. The largest absolute Gasteiger partial charge is 0.296 e. The van der Waals surface area contributed by atoms with Crippen molar-refractivity contribution in [2.24, 2.45) is 0 Å². The smallest absolute Gasteiger partial charge is 0.270 e. The van der Waals surface area contributed by atoms with E-state index in [0.29, 0.717) is 5.56 Å². The number of anilines is 1. The Morgan fingerprint density at radius 2 is 1.96 bits per heavy atom. The zero-order chi connectivity index (χ0) is 16.9. The lowest BCUT2D eigenvalue weighted by molar-refractivity contribution is 0.102. The van der Waals surface area contributed by atoms with Gasteiger partial charge in [0.1, 0.15) is 0 Å². The van der Waals surface area contributed by atoms with Crippen LogP contribution < -0.4 is 10.0 Å². The van der Waals surface area contributed by atoms with Gasteiger partial charge in [-0.25, -0.2) is 13.1 Å². The minimum absolute atomic E-state index is 0.141. The van der Waals surface area contributed by atoms with E-state index in [9.17, 15) is 13.2 Å². The van der Waals surface area contributed by atoms with Crippen molar-refractivity contribution in [1.29, 1.82) is 0 Å². The monoisotopic (exact) mass is 354 g/mol. The van der Waals surface area contributed by atoms with Gasteiger partial charge in [0.25, 0.3) is 15.9 Å². The van der Waals surface area contributed by atoms with Gasteiger partial charge < -0.3 is 0 Å². The quantitative estimate of drug-likeness (QED) is 0.743. The Balaban J connectivity index is 2.07. The number of sulfonamides is 1. The Hall–Kier alpha value is -1.84. The number of aromatic nitrogens is 2. The molecule has 0 bridgehead atoms. The van der Waals surface area contributed by atoms with E-state index in [4.69, 9.17) is 0 Å². The summed E-state index contributed by atoms with van der Waals surface area (Å²) < 4.78 is 26.7. The van der Waals surface area contributed by atoms with Crippen LogP contribution in [0.5, 0.6) is 0 Å². The van der Waals surface area contributed by atoms with Crippen LogP contribution >= 0.6 is 11.3 Å². The van der Waals surface area contributed by atoms with Crippen LogP contribution in [0.2, 0.25) is 0 Å². The first-order valence-electron chi connectivity index (χ1n) is 7.14. The van der Waals surface area contributed by atoms with E-state index in [2.05, 4.69) is 20.2 Å². The highest BCUT2D eigenvalue weighted by Gasteiger charge is 2.22. The van der Waals surface area contributed by atoms with Crippen molar-refractivity contribution in [2.75, 3.05) is 5.32 Å². The van der Waals surface area contributed by atoms with E-state index < -0.39 is 10.0 Å². The summed E-state index contributed by atoms with van der Waals surface area (Å²) in [6.45, 7) is 3.77. The normalized spacial score (nSPS) is 12.8. The first-order chi connectivity index (χ1) is 10.9. The van der Waals surface area contributed by atoms with Crippen LogP contribution in [-0.4, -0.2) is 30.6 Å². The Morgan fingerprint density at radius 1 is 1.26 bits per heavy atom. The number of carbonyl (C=O) groups is 1. The van der Waals surface area contributed by atoms with Gasteiger partial charge in [0.05, 0.1) is 0 Å². The summed E-state index contributed by atoms with van der Waals surface area (Å²) in [5.41, 5.74) is 0.460. The van der Waals surface area contributed by atoms with Gasteiger partial charge in [-0.2, -0.15) is 0 Å². The maximum atomic E-state index is 12.2. The molecule has 1 aromatic carbocycles. The predicted octanol–water partition coefficient (Wildman–Crippen LogP) is 2.26. The number of carbonyl (C=O) groups excluding carboxylic acids is 1. The number of benzene rings is 1. The number of nitrogens with zero attached hydrogens (tertiary/aromatic N) is 2. The standard InChI is InChI=1S/C14H18N4O3S2/c1-3-7-10(2)18-23(20,21)14-17-16-13(22-14)15-12(19)11-8-5-4-6-9-11/h4-6,8-10,18H,3,7H2,1-2H3,(H,15,16,19)/t10-/m0/s1. The molecule has 1 heterocycles. The van der Waals surface area contributed by atoms with Gasteiger partial charge in [-0.3, -0.25) is 10.1 Å². The van der Waals surface area contributed by atoms with Gasteiger partial charge in [-0.05, 0) is 25.5 Å². The van der Waals surface area contributed by atoms with Crippen molar-refractivity contribution in [2.45, 2.75) is 37.1 Å². The van der Waals surface area contributed by atoms with Crippen LogP contribution in [-0.2, 0) is 10.0 Å². The van der Waals surface area contributed by atoms with Crippen LogP contribution in [0.1, 0.15) is 37.0 Å². The van der Waals surface area contributed by atoms with Gasteiger partial charge in [0, 0.05) is 11.6 Å². The van der Waals surface area contributed by atoms with Crippen molar-refractivity contribution < 1.29 is 13.2 Å². The van der Waals surface area contributed by atoms with Crippen LogP contribution in [0, 0.1) is 0 Å². The third kappa shape index (κ3) is 4.81. The molecule has 9 heteroatoms. The SMILES string of the molecule is CCC[C@H](C)NS(=O)(=O)c1nnc(NC(=O)c2ccccc2)s1. The minimum atomic E-state index is -3.72. The Labute approximate surface area is 139 Å². The van der Waals surface area contributed by atoms with Gasteiger partial charge in [0.2, 0.25) is 9.47 Å². The first-order valence-corrected chi connectivity index (χ1v) is 9.44.